The number of nitrogens with zero attached hydrogens (tertiary/aromatic N) is 1. The fraction of sp³-hybridized carbons (Fsp3) is 0.476. The molecule has 1 heterocycles. The van der Waals surface area contributed by atoms with Crippen LogP contribution in [0.2, 0.25) is 0 Å². The zero-order valence-electron chi connectivity index (χ0n) is 15.3. The van der Waals surface area contributed by atoms with E-state index in [-0.39, 0.29) is 18.5 Å². The molecule has 2 aromatic carbocycles. The van der Waals surface area contributed by atoms with Crippen molar-refractivity contribution in [3.8, 4) is 5.75 Å². The van der Waals surface area contributed by atoms with Gasteiger partial charge in [-0.15, -0.1) is 0 Å². The number of benzene rings is 2. The first-order valence-corrected chi connectivity index (χ1v) is 9.34. The van der Waals surface area contributed by atoms with Crippen LogP contribution in [0.1, 0.15) is 19.8 Å². The maximum Gasteiger partial charge on any atom is 0.310 e. The van der Waals surface area contributed by atoms with Crippen molar-refractivity contribution in [1.82, 2.24) is 4.90 Å². The lowest BCUT2D eigenvalue weighted by molar-refractivity contribution is -0.150. The van der Waals surface area contributed by atoms with Crippen molar-refractivity contribution >= 4 is 16.7 Å². The van der Waals surface area contributed by atoms with E-state index >= 15 is 0 Å². The Morgan fingerprint density at radius 1 is 1.27 bits per heavy atom. The molecule has 1 N–H and O–H groups in total. The van der Waals surface area contributed by atoms with E-state index in [0.29, 0.717) is 19.7 Å². The summed E-state index contributed by atoms with van der Waals surface area (Å²) in [4.78, 5) is 14.0. The molecule has 1 aliphatic rings. The van der Waals surface area contributed by atoms with Crippen molar-refractivity contribution < 1.29 is 19.4 Å². The third-order valence-electron chi connectivity index (χ3n) is 4.76. The van der Waals surface area contributed by atoms with Crippen molar-refractivity contribution in [2.45, 2.75) is 25.9 Å². The van der Waals surface area contributed by atoms with Gasteiger partial charge in [-0.2, -0.15) is 0 Å². The summed E-state index contributed by atoms with van der Waals surface area (Å²) in [6.07, 6.45) is 1.21. The summed E-state index contributed by atoms with van der Waals surface area (Å²) in [7, 11) is 0. The van der Waals surface area contributed by atoms with Gasteiger partial charge in [-0.05, 0) is 49.2 Å². The van der Waals surface area contributed by atoms with Gasteiger partial charge >= 0.3 is 5.97 Å². The molecule has 5 heteroatoms. The quantitative estimate of drug-likeness (QED) is 0.772. The lowest BCUT2D eigenvalue weighted by Gasteiger charge is -2.32. The molecule has 1 aliphatic heterocycles. The predicted octanol–water partition coefficient (Wildman–Crippen LogP) is 2.85. The molecule has 26 heavy (non-hydrogen) atoms. The molecule has 0 aromatic heterocycles. The molecule has 1 fully saturated rings. The Balaban J connectivity index is 1.48. The first-order valence-electron chi connectivity index (χ1n) is 9.34. The lowest BCUT2D eigenvalue weighted by atomic mass is 9.98. The second-order valence-corrected chi connectivity index (χ2v) is 6.82. The summed E-state index contributed by atoms with van der Waals surface area (Å²) >= 11 is 0. The fourth-order valence-electron chi connectivity index (χ4n) is 3.47. The minimum atomic E-state index is -0.595. The van der Waals surface area contributed by atoms with Gasteiger partial charge in [-0.1, -0.05) is 30.3 Å². The summed E-state index contributed by atoms with van der Waals surface area (Å²) < 4.78 is 10.9. The van der Waals surface area contributed by atoms with Gasteiger partial charge in [-0.3, -0.25) is 9.69 Å². The minimum absolute atomic E-state index is 0.0858. The number of carbonyl (C=O) groups is 1. The zero-order valence-corrected chi connectivity index (χ0v) is 15.3. The zero-order chi connectivity index (χ0) is 18.4. The summed E-state index contributed by atoms with van der Waals surface area (Å²) in [5.74, 6) is 0.544. The second-order valence-electron chi connectivity index (χ2n) is 6.82. The van der Waals surface area contributed by atoms with Gasteiger partial charge in [0.15, 0.2) is 0 Å². The van der Waals surface area contributed by atoms with Crippen LogP contribution in [-0.4, -0.2) is 54.9 Å². The van der Waals surface area contributed by atoms with E-state index in [0.717, 1.165) is 30.5 Å². The Labute approximate surface area is 154 Å². The van der Waals surface area contributed by atoms with Crippen LogP contribution in [0.3, 0.4) is 0 Å². The monoisotopic (exact) mass is 357 g/mol. The molecule has 0 amide bonds. The largest absolute Gasteiger partial charge is 0.491 e. The van der Waals surface area contributed by atoms with Crippen molar-refractivity contribution in [2.75, 3.05) is 32.8 Å². The number of hydrogen-bond donors (Lipinski definition) is 1. The molecule has 3 rings (SSSR count). The Morgan fingerprint density at radius 2 is 2.08 bits per heavy atom. The van der Waals surface area contributed by atoms with Gasteiger partial charge in [0.05, 0.1) is 12.5 Å². The van der Waals surface area contributed by atoms with Crippen LogP contribution in [-0.2, 0) is 9.53 Å². The van der Waals surface area contributed by atoms with Crippen molar-refractivity contribution in [1.29, 1.82) is 0 Å². The highest BCUT2D eigenvalue weighted by Crippen LogP contribution is 2.21. The van der Waals surface area contributed by atoms with Crippen LogP contribution >= 0.6 is 0 Å². The molecule has 0 saturated carbocycles. The van der Waals surface area contributed by atoms with Crippen LogP contribution in [0.4, 0.5) is 0 Å². The van der Waals surface area contributed by atoms with Crippen LogP contribution in [0.15, 0.2) is 42.5 Å². The normalized spacial score (nSPS) is 19.2. The standard InChI is InChI=1S/C21H27NO4/c1-2-25-21(24)18-8-5-11-22(13-18)14-19(23)15-26-20-10-9-16-6-3-4-7-17(16)12-20/h3-4,6-7,9-10,12,18-19,23H,2,5,8,11,13-15H2,1H3. The molecule has 2 atom stereocenters. The molecule has 0 radical (unpaired) electrons. The number of hydrogen-bond acceptors (Lipinski definition) is 5. The third-order valence-corrected chi connectivity index (χ3v) is 4.76. The van der Waals surface area contributed by atoms with E-state index in [9.17, 15) is 9.90 Å². The average molecular weight is 357 g/mol. The molecular formula is C21H27NO4. The van der Waals surface area contributed by atoms with Crippen molar-refractivity contribution in [3.05, 3.63) is 42.5 Å². The number of ether oxygens (including phenoxy) is 2. The maximum absolute atomic E-state index is 11.9. The minimum Gasteiger partial charge on any atom is -0.491 e. The van der Waals surface area contributed by atoms with Crippen LogP contribution < -0.4 is 4.74 Å². The molecule has 0 spiro atoms. The van der Waals surface area contributed by atoms with Gasteiger partial charge in [0, 0.05) is 13.1 Å². The van der Waals surface area contributed by atoms with Gasteiger partial charge in [-0.25, -0.2) is 0 Å². The third kappa shape index (κ3) is 4.96. The molecule has 5 nitrogen and oxygen atoms in total. The van der Waals surface area contributed by atoms with E-state index in [4.69, 9.17) is 9.47 Å². The summed E-state index contributed by atoms with van der Waals surface area (Å²) in [6.45, 7) is 4.52. The molecule has 2 aromatic rings. The summed E-state index contributed by atoms with van der Waals surface area (Å²) in [6, 6.07) is 14.0. The Morgan fingerprint density at radius 3 is 2.88 bits per heavy atom. The Hall–Kier alpha value is -2.11. The number of carbonyl (C=O) groups excluding carboxylic acids is 1. The number of β-amino-alcohol motifs (C(OH)–C–C–N with tert-alkyl or cyclic N) is 1. The number of piperidine rings is 1. The number of esters is 1. The van der Waals surface area contributed by atoms with Gasteiger partial charge in [0.25, 0.3) is 0 Å². The topological polar surface area (TPSA) is 59.0 Å². The van der Waals surface area contributed by atoms with Crippen molar-refractivity contribution in [2.24, 2.45) is 5.92 Å². The highest BCUT2D eigenvalue weighted by atomic mass is 16.5. The highest BCUT2D eigenvalue weighted by Gasteiger charge is 2.27. The van der Waals surface area contributed by atoms with Gasteiger partial charge in [0.2, 0.25) is 0 Å². The Kier molecular flexibility index (Phi) is 6.47. The molecule has 140 valence electrons. The SMILES string of the molecule is CCOC(=O)C1CCCN(CC(O)COc2ccc3ccccc3c2)C1. The number of aliphatic hydroxyl groups excluding tert-OH is 1. The molecule has 2 unspecified atom stereocenters. The fourth-order valence-corrected chi connectivity index (χ4v) is 3.47. The highest BCUT2D eigenvalue weighted by molar-refractivity contribution is 5.83. The van der Waals surface area contributed by atoms with Crippen LogP contribution in [0.25, 0.3) is 10.8 Å². The second kappa shape index (κ2) is 9.01. The molecule has 1 saturated heterocycles. The van der Waals surface area contributed by atoms with E-state index in [1.165, 1.54) is 5.39 Å². The Bertz CT molecular complexity index is 733. The van der Waals surface area contributed by atoms with Crippen LogP contribution in [0.5, 0.6) is 5.75 Å². The van der Waals surface area contributed by atoms with E-state index in [2.05, 4.69) is 11.0 Å². The number of fused-ring (bicyclic) bond motifs is 1. The smallest absolute Gasteiger partial charge is 0.310 e. The van der Waals surface area contributed by atoms with Gasteiger partial charge in [0.1, 0.15) is 18.5 Å². The van der Waals surface area contributed by atoms with Crippen LogP contribution in [0, 0.1) is 5.92 Å². The predicted molar refractivity (Wildman–Crippen MR) is 101 cm³/mol. The lowest BCUT2D eigenvalue weighted by Crippen LogP contribution is -2.44. The molecule has 0 bridgehead atoms. The van der Waals surface area contributed by atoms with E-state index in [1.807, 2.05) is 43.3 Å². The first kappa shape index (κ1) is 18.7. The summed E-state index contributed by atoms with van der Waals surface area (Å²) in [5.41, 5.74) is 0. The van der Waals surface area contributed by atoms with E-state index in [1.54, 1.807) is 0 Å². The number of likely N-dealkylation sites (tertiary alicyclic amines) is 1. The first-order chi connectivity index (χ1) is 12.7. The summed E-state index contributed by atoms with van der Waals surface area (Å²) in [5, 5.41) is 12.6. The van der Waals surface area contributed by atoms with Crippen molar-refractivity contribution in [3.63, 3.8) is 0 Å². The number of rotatable bonds is 7. The molecule has 0 aliphatic carbocycles. The average Bonchev–Trinajstić information content (AvgIpc) is 2.66. The maximum atomic E-state index is 11.9. The van der Waals surface area contributed by atoms with E-state index < -0.39 is 6.10 Å². The van der Waals surface area contributed by atoms with Gasteiger partial charge < -0.3 is 14.6 Å². The number of aliphatic hydroxyl groups is 1. The molecular weight excluding hydrogens is 330 g/mol.